The van der Waals surface area contributed by atoms with Crippen molar-refractivity contribution in [1.29, 1.82) is 0 Å². The van der Waals surface area contributed by atoms with Gasteiger partial charge < -0.3 is 9.80 Å². The molecule has 1 aliphatic carbocycles. The average Bonchev–Trinajstić information content (AvgIpc) is 2.72. The number of halogens is 3. The third-order valence-electron chi connectivity index (χ3n) is 7.04. The molecule has 1 amide bonds. The Hall–Kier alpha value is -2.13. The first kappa shape index (κ1) is 23.0. The van der Waals surface area contributed by atoms with Crippen LogP contribution in [-0.2, 0) is 11.0 Å². The number of carbonyl (C=O) groups excluding carboxylic acids is 2. The van der Waals surface area contributed by atoms with Crippen LogP contribution in [0.3, 0.4) is 0 Å². The fourth-order valence-electron chi connectivity index (χ4n) is 4.81. The summed E-state index contributed by atoms with van der Waals surface area (Å²) < 4.78 is 40.2. The van der Waals surface area contributed by atoms with Crippen molar-refractivity contribution in [2.45, 2.75) is 38.4 Å². The molecule has 0 radical (unpaired) electrons. The van der Waals surface area contributed by atoms with Crippen LogP contribution in [0.2, 0.25) is 0 Å². The fraction of sp³-hybridized carbons (Fsp3) is 0.652. The minimum atomic E-state index is -4.58. The molecule has 1 saturated carbocycles. The number of rotatable bonds is 5. The van der Waals surface area contributed by atoms with Crippen LogP contribution in [0.4, 0.5) is 18.9 Å². The number of piperazine rings is 2. The number of hydrogen-bond donors (Lipinski definition) is 0. The van der Waals surface area contributed by atoms with E-state index in [4.69, 9.17) is 0 Å². The Labute approximate surface area is 186 Å². The number of benzene rings is 1. The SMILES string of the molecule is CC(=O)c1ccc(N2CCN(CC(=O)N3CCN(C4CCC4)CC3)CC2)cc1C(F)(F)F. The van der Waals surface area contributed by atoms with E-state index in [0.29, 0.717) is 44.5 Å². The van der Waals surface area contributed by atoms with Crippen molar-refractivity contribution in [3.8, 4) is 0 Å². The number of hydrogen-bond acceptors (Lipinski definition) is 5. The number of carbonyl (C=O) groups is 2. The highest BCUT2D eigenvalue weighted by Crippen LogP contribution is 2.35. The third-order valence-corrected chi connectivity index (χ3v) is 7.04. The molecule has 4 rings (SSSR count). The van der Waals surface area contributed by atoms with E-state index in [2.05, 4.69) is 9.80 Å². The van der Waals surface area contributed by atoms with Crippen LogP contribution >= 0.6 is 0 Å². The maximum Gasteiger partial charge on any atom is 0.417 e. The second-order valence-corrected chi connectivity index (χ2v) is 9.05. The lowest BCUT2D eigenvalue weighted by Gasteiger charge is -2.43. The van der Waals surface area contributed by atoms with Crippen molar-refractivity contribution in [2.75, 3.05) is 63.8 Å². The average molecular weight is 453 g/mol. The second-order valence-electron chi connectivity index (χ2n) is 9.05. The molecule has 2 aliphatic heterocycles. The largest absolute Gasteiger partial charge is 0.417 e. The lowest BCUT2D eigenvalue weighted by molar-refractivity contribution is -0.138. The highest BCUT2D eigenvalue weighted by atomic mass is 19.4. The van der Waals surface area contributed by atoms with Crippen molar-refractivity contribution >= 4 is 17.4 Å². The quantitative estimate of drug-likeness (QED) is 0.643. The van der Waals surface area contributed by atoms with Gasteiger partial charge in [-0.3, -0.25) is 19.4 Å². The predicted molar refractivity (Wildman–Crippen MR) is 116 cm³/mol. The number of alkyl halides is 3. The molecule has 1 aromatic carbocycles. The van der Waals surface area contributed by atoms with Gasteiger partial charge in [-0.2, -0.15) is 13.2 Å². The minimum absolute atomic E-state index is 0.136. The molecular formula is C23H31F3N4O2. The second kappa shape index (κ2) is 9.39. The normalized spacial score (nSPS) is 21.5. The Balaban J connectivity index is 1.29. The zero-order valence-electron chi connectivity index (χ0n) is 18.5. The van der Waals surface area contributed by atoms with Gasteiger partial charge in [0.1, 0.15) is 0 Å². The summed E-state index contributed by atoms with van der Waals surface area (Å²) in [6.07, 6.45) is -0.706. The summed E-state index contributed by atoms with van der Waals surface area (Å²) in [5.74, 6) is -0.461. The lowest BCUT2D eigenvalue weighted by atomic mass is 9.91. The molecule has 1 aromatic rings. The van der Waals surface area contributed by atoms with E-state index in [1.165, 1.54) is 25.3 Å². The number of ketones is 1. The van der Waals surface area contributed by atoms with Crippen molar-refractivity contribution in [1.82, 2.24) is 14.7 Å². The summed E-state index contributed by atoms with van der Waals surface area (Å²) in [7, 11) is 0. The fourth-order valence-corrected chi connectivity index (χ4v) is 4.81. The van der Waals surface area contributed by atoms with E-state index < -0.39 is 17.5 Å². The Morgan fingerprint density at radius 3 is 2.16 bits per heavy atom. The van der Waals surface area contributed by atoms with Crippen LogP contribution in [0.25, 0.3) is 0 Å². The molecule has 0 atom stereocenters. The number of nitrogens with zero attached hydrogens (tertiary/aromatic N) is 4. The standard InChI is InChI=1S/C23H31F3N4O2/c1-17(31)20-6-5-19(15-21(20)23(24,25)26)29-9-7-27(8-10-29)16-22(32)30-13-11-28(12-14-30)18-3-2-4-18/h5-6,15,18H,2-4,7-14,16H2,1H3. The first-order chi connectivity index (χ1) is 15.2. The van der Waals surface area contributed by atoms with E-state index in [1.54, 1.807) is 6.07 Å². The van der Waals surface area contributed by atoms with E-state index in [0.717, 1.165) is 39.2 Å². The van der Waals surface area contributed by atoms with Crippen molar-refractivity contribution in [3.63, 3.8) is 0 Å². The number of anilines is 1. The molecule has 0 spiro atoms. The Kier molecular flexibility index (Phi) is 6.76. The van der Waals surface area contributed by atoms with Gasteiger partial charge in [0.2, 0.25) is 5.91 Å². The van der Waals surface area contributed by atoms with Crippen LogP contribution in [0.5, 0.6) is 0 Å². The Bertz CT molecular complexity index is 840. The van der Waals surface area contributed by atoms with E-state index in [-0.39, 0.29) is 11.5 Å². The van der Waals surface area contributed by atoms with Gasteiger partial charge >= 0.3 is 6.18 Å². The van der Waals surface area contributed by atoms with Gasteiger partial charge in [0.25, 0.3) is 0 Å². The molecule has 3 aliphatic rings. The van der Waals surface area contributed by atoms with Gasteiger partial charge in [-0.05, 0) is 38.0 Å². The lowest BCUT2D eigenvalue weighted by Crippen LogP contribution is -2.56. The number of Topliss-reactive ketones (excluding diaryl/α,β-unsaturated/α-hetero) is 1. The van der Waals surface area contributed by atoms with E-state index in [9.17, 15) is 22.8 Å². The molecule has 0 unspecified atom stereocenters. The highest BCUT2D eigenvalue weighted by molar-refractivity contribution is 5.96. The van der Waals surface area contributed by atoms with Crippen LogP contribution in [0.1, 0.15) is 42.1 Å². The van der Waals surface area contributed by atoms with E-state index >= 15 is 0 Å². The predicted octanol–water partition coefficient (Wildman–Crippen LogP) is 2.73. The number of amides is 1. The molecule has 2 saturated heterocycles. The summed E-state index contributed by atoms with van der Waals surface area (Å²) in [6, 6.07) is 4.62. The molecule has 6 nitrogen and oxygen atoms in total. The first-order valence-corrected chi connectivity index (χ1v) is 11.4. The monoisotopic (exact) mass is 452 g/mol. The summed E-state index contributed by atoms with van der Waals surface area (Å²) in [6.45, 7) is 7.26. The van der Waals surface area contributed by atoms with E-state index in [1.807, 2.05) is 9.80 Å². The van der Waals surface area contributed by atoms with Crippen LogP contribution in [0, 0.1) is 0 Å². The zero-order chi connectivity index (χ0) is 22.9. The molecular weight excluding hydrogens is 421 g/mol. The van der Waals surface area contributed by atoms with Crippen molar-refractivity contribution in [2.24, 2.45) is 0 Å². The van der Waals surface area contributed by atoms with Crippen LogP contribution in [0.15, 0.2) is 18.2 Å². The van der Waals surface area contributed by atoms with Gasteiger partial charge in [-0.15, -0.1) is 0 Å². The summed E-state index contributed by atoms with van der Waals surface area (Å²) in [5.41, 5.74) is -0.732. The summed E-state index contributed by atoms with van der Waals surface area (Å²) >= 11 is 0. The van der Waals surface area contributed by atoms with Crippen LogP contribution < -0.4 is 4.90 Å². The highest BCUT2D eigenvalue weighted by Gasteiger charge is 2.35. The van der Waals surface area contributed by atoms with Gasteiger partial charge in [-0.25, -0.2) is 0 Å². The minimum Gasteiger partial charge on any atom is -0.369 e. The molecule has 2 heterocycles. The topological polar surface area (TPSA) is 47.1 Å². The van der Waals surface area contributed by atoms with Gasteiger partial charge in [0, 0.05) is 69.7 Å². The molecule has 0 aromatic heterocycles. The third kappa shape index (κ3) is 5.09. The summed E-state index contributed by atoms with van der Waals surface area (Å²) in [5, 5.41) is 0. The molecule has 9 heteroatoms. The Morgan fingerprint density at radius 2 is 1.62 bits per heavy atom. The molecule has 32 heavy (non-hydrogen) atoms. The van der Waals surface area contributed by atoms with Gasteiger partial charge in [0.15, 0.2) is 5.78 Å². The Morgan fingerprint density at radius 1 is 0.969 bits per heavy atom. The van der Waals surface area contributed by atoms with Crippen molar-refractivity contribution in [3.05, 3.63) is 29.3 Å². The van der Waals surface area contributed by atoms with Gasteiger partial charge in [-0.1, -0.05) is 6.42 Å². The molecule has 3 fully saturated rings. The maximum atomic E-state index is 13.4. The zero-order valence-corrected chi connectivity index (χ0v) is 18.5. The molecule has 0 bridgehead atoms. The van der Waals surface area contributed by atoms with Crippen LogP contribution in [-0.4, -0.2) is 91.3 Å². The maximum absolute atomic E-state index is 13.4. The van der Waals surface area contributed by atoms with Gasteiger partial charge in [0.05, 0.1) is 12.1 Å². The molecule has 0 N–H and O–H groups in total. The molecule has 176 valence electrons. The smallest absolute Gasteiger partial charge is 0.369 e. The van der Waals surface area contributed by atoms with Crippen molar-refractivity contribution < 1.29 is 22.8 Å². The first-order valence-electron chi connectivity index (χ1n) is 11.4. The summed E-state index contributed by atoms with van der Waals surface area (Å²) in [4.78, 5) is 32.7.